The molecule has 0 saturated heterocycles. The van der Waals surface area contributed by atoms with Crippen LogP contribution in [-0.2, 0) is 9.53 Å². The number of carbonyl (C=O) groups excluding carboxylic acids is 1. The maximum absolute atomic E-state index is 12.5. The van der Waals surface area contributed by atoms with Crippen molar-refractivity contribution < 1.29 is 14.3 Å². The van der Waals surface area contributed by atoms with E-state index in [1.165, 1.54) is 9.80 Å². The van der Waals surface area contributed by atoms with E-state index in [1.807, 2.05) is 24.3 Å². The minimum atomic E-state index is -0.0866. The third-order valence-corrected chi connectivity index (χ3v) is 5.89. The second kappa shape index (κ2) is 12.8. The molecule has 3 rings (SSSR count). The minimum absolute atomic E-state index is 0.0659. The number of methoxy groups -OCH3 is 1. The topological polar surface area (TPSA) is 77.2 Å². The summed E-state index contributed by atoms with van der Waals surface area (Å²) in [6, 6.07) is 14.3. The number of nitrogens with two attached hydrogens (primary N) is 1. The molecule has 2 N–H and O–H groups in total. The number of benzene rings is 2. The van der Waals surface area contributed by atoms with Crippen LogP contribution in [0, 0.1) is 12.8 Å². The molecule has 2 aromatic carbocycles. The van der Waals surface area contributed by atoms with Crippen LogP contribution >= 0.6 is 11.8 Å². The Morgan fingerprint density at radius 3 is 2.72 bits per heavy atom. The van der Waals surface area contributed by atoms with Gasteiger partial charge in [-0.2, -0.15) is 0 Å². The van der Waals surface area contributed by atoms with Crippen LogP contribution in [0.25, 0.3) is 11.1 Å². The van der Waals surface area contributed by atoms with Crippen LogP contribution in [0.5, 0.6) is 5.75 Å². The molecular formula is C25H31N3O3S. The second-order valence-corrected chi connectivity index (χ2v) is 8.13. The molecule has 0 saturated carbocycles. The Morgan fingerprint density at radius 1 is 1.25 bits per heavy atom. The Kier molecular flexibility index (Phi) is 10.1. The van der Waals surface area contributed by atoms with Crippen molar-refractivity contribution in [2.45, 2.75) is 36.7 Å². The molecule has 0 unspecified atom stereocenters. The highest BCUT2D eigenvalue weighted by molar-refractivity contribution is 7.98. The quantitative estimate of drug-likeness (QED) is 0.390. The van der Waals surface area contributed by atoms with Crippen LogP contribution in [0.15, 0.2) is 52.4 Å². The number of terminal acetylenes is 1. The zero-order chi connectivity index (χ0) is 23.5. The Balaban J connectivity index is 0.00000176. The van der Waals surface area contributed by atoms with Gasteiger partial charge in [-0.1, -0.05) is 18.2 Å². The number of hydrogen-bond donors (Lipinski definition) is 1. The molecule has 7 heteroatoms. The van der Waals surface area contributed by atoms with Crippen LogP contribution in [0.3, 0.4) is 0 Å². The van der Waals surface area contributed by atoms with Crippen LogP contribution < -0.4 is 10.5 Å². The van der Waals surface area contributed by atoms with Crippen LogP contribution in [-0.4, -0.2) is 49.9 Å². The van der Waals surface area contributed by atoms with Crippen LogP contribution in [0.1, 0.15) is 25.7 Å². The maximum atomic E-state index is 12.5. The number of fused-ring (bicyclic) bond motifs is 1. The summed E-state index contributed by atoms with van der Waals surface area (Å²) in [4.78, 5) is 19.6. The second-order valence-electron chi connectivity index (χ2n) is 7.25. The van der Waals surface area contributed by atoms with Gasteiger partial charge in [-0.05, 0) is 60.9 Å². The third kappa shape index (κ3) is 6.78. The molecule has 0 bridgehead atoms. The molecule has 1 amide bonds. The van der Waals surface area contributed by atoms with Crippen molar-refractivity contribution in [2.24, 2.45) is 10.7 Å². The fourth-order valence-corrected chi connectivity index (χ4v) is 3.82. The average molecular weight is 454 g/mol. The number of guanidine groups is 1. The number of aliphatic imine (C=N–C) groups is 1. The molecule has 0 fully saturated rings. The van der Waals surface area contributed by atoms with Gasteiger partial charge in [0.1, 0.15) is 11.4 Å². The van der Waals surface area contributed by atoms with Gasteiger partial charge < -0.3 is 15.2 Å². The number of ether oxygens (including phenoxy) is 2. The van der Waals surface area contributed by atoms with Gasteiger partial charge in [-0.15, -0.1) is 24.6 Å². The molecule has 0 aromatic heterocycles. The molecule has 0 radical (unpaired) electrons. The van der Waals surface area contributed by atoms with Gasteiger partial charge in [-0.25, -0.2) is 4.99 Å². The zero-order valence-electron chi connectivity index (χ0n) is 18.9. The molecule has 1 heterocycles. The van der Waals surface area contributed by atoms with E-state index in [0.717, 1.165) is 24.0 Å². The van der Waals surface area contributed by atoms with E-state index in [0.29, 0.717) is 30.9 Å². The molecule has 1 aliphatic heterocycles. The van der Waals surface area contributed by atoms with Gasteiger partial charge in [0, 0.05) is 32.1 Å². The average Bonchev–Trinajstić information content (AvgIpc) is 2.83. The van der Waals surface area contributed by atoms with Gasteiger partial charge >= 0.3 is 0 Å². The lowest BCUT2D eigenvalue weighted by atomic mass is 10.0. The van der Waals surface area contributed by atoms with E-state index in [9.17, 15) is 4.79 Å². The number of carbonyl (C=O) groups is 1. The normalized spacial score (nSPS) is 16.2. The Labute approximate surface area is 195 Å². The predicted molar refractivity (Wildman–Crippen MR) is 132 cm³/mol. The van der Waals surface area contributed by atoms with E-state index in [2.05, 4.69) is 42.3 Å². The molecule has 170 valence electrons. The number of nitrogens with zero attached hydrogens (tertiary/aromatic N) is 2. The van der Waals surface area contributed by atoms with Gasteiger partial charge in [0.15, 0.2) is 0 Å². The lowest BCUT2D eigenvalue weighted by Gasteiger charge is -2.24. The van der Waals surface area contributed by atoms with Crippen molar-refractivity contribution in [3.63, 3.8) is 0 Å². The van der Waals surface area contributed by atoms with Crippen molar-refractivity contribution in [1.82, 2.24) is 4.90 Å². The van der Waals surface area contributed by atoms with Gasteiger partial charge in [0.05, 0.1) is 6.10 Å². The molecule has 2 aromatic rings. The lowest BCUT2D eigenvalue weighted by molar-refractivity contribution is -0.127. The highest BCUT2D eigenvalue weighted by Gasteiger charge is 2.21. The van der Waals surface area contributed by atoms with E-state index in [1.54, 1.807) is 25.9 Å². The first-order valence-corrected chi connectivity index (χ1v) is 11.6. The van der Waals surface area contributed by atoms with Gasteiger partial charge in [0.25, 0.3) is 0 Å². The number of hydrogen-bond acceptors (Lipinski definition) is 6. The summed E-state index contributed by atoms with van der Waals surface area (Å²) >= 11 is 1.70. The summed E-state index contributed by atoms with van der Waals surface area (Å²) in [6.45, 7) is 0.663. The first-order chi connectivity index (χ1) is 15.5. The Morgan fingerprint density at radius 2 is 2.00 bits per heavy atom. The van der Waals surface area contributed by atoms with Crippen molar-refractivity contribution in [1.29, 1.82) is 0 Å². The maximum Gasteiger partial charge on any atom is 0.229 e. The Hall–Kier alpha value is -2.95. The summed E-state index contributed by atoms with van der Waals surface area (Å²) in [5.41, 5.74) is 8.86. The molecule has 32 heavy (non-hydrogen) atoms. The lowest BCUT2D eigenvalue weighted by Crippen LogP contribution is -2.39. The van der Waals surface area contributed by atoms with E-state index in [4.69, 9.17) is 15.2 Å². The zero-order valence-corrected chi connectivity index (χ0v) is 19.7. The molecule has 0 spiro atoms. The molecule has 1 atom stereocenters. The first kappa shape index (κ1) is 25.3. The van der Waals surface area contributed by atoms with Crippen molar-refractivity contribution >= 4 is 29.3 Å². The number of thioether (sulfide) groups is 1. The molecular weight excluding hydrogens is 422 g/mol. The van der Waals surface area contributed by atoms with Gasteiger partial charge in [0.2, 0.25) is 11.9 Å². The molecule has 6 nitrogen and oxygen atoms in total. The summed E-state index contributed by atoms with van der Waals surface area (Å²) in [6.07, 6.45) is 12.6. The summed E-state index contributed by atoms with van der Waals surface area (Å²) < 4.78 is 11.5. The van der Waals surface area contributed by atoms with E-state index in [-0.39, 0.29) is 18.0 Å². The SMILES string of the molecule is C#C.COCCC[C@@H]1CCC(=O)N(C)C(N)=Nc2cc(-c3cccc(SC)c3)ccc2O1. The first-order valence-electron chi connectivity index (χ1n) is 10.4. The van der Waals surface area contributed by atoms with E-state index >= 15 is 0 Å². The smallest absolute Gasteiger partial charge is 0.229 e. The summed E-state index contributed by atoms with van der Waals surface area (Å²) in [5, 5.41) is 0. The monoisotopic (exact) mass is 453 g/mol. The Bertz CT molecular complexity index is 958. The minimum Gasteiger partial charge on any atom is -0.488 e. The van der Waals surface area contributed by atoms with Crippen molar-refractivity contribution in [2.75, 3.05) is 27.0 Å². The molecule has 1 aliphatic rings. The highest BCUT2D eigenvalue weighted by atomic mass is 32.2. The fourth-order valence-electron chi connectivity index (χ4n) is 3.36. The summed E-state index contributed by atoms with van der Waals surface area (Å²) in [7, 11) is 3.35. The van der Waals surface area contributed by atoms with E-state index < -0.39 is 0 Å². The largest absolute Gasteiger partial charge is 0.488 e. The molecule has 0 aliphatic carbocycles. The van der Waals surface area contributed by atoms with Crippen LogP contribution in [0.2, 0.25) is 0 Å². The highest BCUT2D eigenvalue weighted by Crippen LogP contribution is 2.36. The fraction of sp³-hybridized carbons (Fsp3) is 0.360. The number of amides is 1. The standard InChI is InChI=1S/C23H29N3O3S.C2H2/c1-26-22(27)12-10-18(7-5-13-28-2)29-21-11-9-17(15-20(21)25-23(26)24)16-6-4-8-19(14-16)30-3;1-2/h4,6,8-9,11,14-15,18H,5,7,10,12-13H2,1-3H3,(H2,24,25);1-2H/t18-;/m1./s1. The number of rotatable bonds is 6. The van der Waals surface area contributed by atoms with Crippen molar-refractivity contribution in [3.8, 4) is 29.7 Å². The predicted octanol–water partition coefficient (Wildman–Crippen LogP) is 4.70. The van der Waals surface area contributed by atoms with Crippen LogP contribution in [0.4, 0.5) is 5.69 Å². The van der Waals surface area contributed by atoms with Gasteiger partial charge in [-0.3, -0.25) is 9.69 Å². The summed E-state index contributed by atoms with van der Waals surface area (Å²) in [5.74, 6) is 0.773. The van der Waals surface area contributed by atoms with Crippen molar-refractivity contribution in [3.05, 3.63) is 42.5 Å². The third-order valence-electron chi connectivity index (χ3n) is 5.16.